The predicted octanol–water partition coefficient (Wildman–Crippen LogP) is 4.53. The van der Waals surface area contributed by atoms with Crippen molar-refractivity contribution in [2.45, 2.75) is 44.6 Å². The molecule has 6 nitrogen and oxygen atoms in total. The molecule has 11 heteroatoms. The van der Waals surface area contributed by atoms with E-state index >= 15 is 0 Å². The summed E-state index contributed by atoms with van der Waals surface area (Å²) in [7, 11) is 1.13. The summed E-state index contributed by atoms with van der Waals surface area (Å²) < 4.78 is 79.5. The molecule has 4 atom stereocenters. The van der Waals surface area contributed by atoms with Crippen LogP contribution in [0.2, 0.25) is 0 Å². The average Bonchev–Trinajstić information content (AvgIpc) is 3.04. The Labute approximate surface area is 186 Å². The molecule has 1 aromatic carbocycles. The van der Waals surface area contributed by atoms with E-state index in [-0.39, 0.29) is 22.5 Å². The van der Waals surface area contributed by atoms with E-state index in [1.54, 1.807) is 0 Å². The van der Waals surface area contributed by atoms with E-state index in [1.807, 2.05) is 0 Å². The highest BCUT2D eigenvalue weighted by Crippen LogP contribution is 2.54. The van der Waals surface area contributed by atoms with Crippen LogP contribution in [-0.4, -0.2) is 41.9 Å². The number of rotatable bonds is 4. The third-order valence-corrected chi connectivity index (χ3v) is 6.09. The lowest BCUT2D eigenvalue weighted by molar-refractivity contribution is -0.272. The standard InChI is InChI=1S/C22H21F5N2O4/c1-10-13(5-6-14(23)17(10)24)16-11(2)21(3,22(25,26)27)33-18(16)19(30)29-12-7-8-28-15(9-12)20(31)32-4/h5-9,11,16,18H,1-4H3,(H,28,29,30). The molecular formula is C22H21F5N2O4. The molecule has 1 fully saturated rings. The van der Waals surface area contributed by atoms with Crippen molar-refractivity contribution in [2.75, 3.05) is 12.4 Å². The second-order valence-electron chi connectivity index (χ2n) is 7.94. The van der Waals surface area contributed by atoms with Gasteiger partial charge in [0.2, 0.25) is 0 Å². The maximum atomic E-state index is 14.2. The van der Waals surface area contributed by atoms with Gasteiger partial charge >= 0.3 is 12.1 Å². The van der Waals surface area contributed by atoms with Crippen molar-refractivity contribution in [3.8, 4) is 0 Å². The van der Waals surface area contributed by atoms with E-state index in [9.17, 15) is 31.5 Å². The summed E-state index contributed by atoms with van der Waals surface area (Å²) in [6.45, 7) is 3.28. The molecule has 0 radical (unpaired) electrons. The van der Waals surface area contributed by atoms with Gasteiger partial charge in [-0.2, -0.15) is 13.2 Å². The first-order valence-corrected chi connectivity index (χ1v) is 9.86. The molecule has 1 aliphatic heterocycles. The Morgan fingerprint density at radius 2 is 1.88 bits per heavy atom. The lowest BCUT2D eigenvalue weighted by Crippen LogP contribution is -2.47. The Balaban J connectivity index is 2.03. The number of carbonyl (C=O) groups is 2. The second-order valence-corrected chi connectivity index (χ2v) is 7.94. The topological polar surface area (TPSA) is 77.5 Å². The average molecular weight is 472 g/mol. The summed E-state index contributed by atoms with van der Waals surface area (Å²) in [6.07, 6.45) is -5.33. The molecule has 0 spiro atoms. The van der Waals surface area contributed by atoms with Crippen LogP contribution in [0.3, 0.4) is 0 Å². The van der Waals surface area contributed by atoms with Gasteiger partial charge in [-0.15, -0.1) is 0 Å². The van der Waals surface area contributed by atoms with Gasteiger partial charge in [0, 0.05) is 23.7 Å². The molecule has 2 heterocycles. The largest absolute Gasteiger partial charge is 0.464 e. The van der Waals surface area contributed by atoms with Gasteiger partial charge in [-0.05, 0) is 43.2 Å². The fourth-order valence-electron chi connectivity index (χ4n) is 3.99. The van der Waals surface area contributed by atoms with Crippen LogP contribution in [0.4, 0.5) is 27.6 Å². The Morgan fingerprint density at radius 3 is 2.48 bits per heavy atom. The number of hydrogen-bond acceptors (Lipinski definition) is 5. The van der Waals surface area contributed by atoms with Crippen LogP contribution in [-0.2, 0) is 14.3 Å². The third kappa shape index (κ3) is 4.29. The van der Waals surface area contributed by atoms with Crippen LogP contribution < -0.4 is 5.32 Å². The Bertz CT molecular complexity index is 1090. The summed E-state index contributed by atoms with van der Waals surface area (Å²) in [5.74, 6) is -6.66. The molecule has 2 aromatic rings. The summed E-state index contributed by atoms with van der Waals surface area (Å²) in [5.41, 5.74) is -2.99. The number of pyridine rings is 1. The van der Waals surface area contributed by atoms with Crippen molar-refractivity contribution < 1.29 is 41.0 Å². The molecule has 1 aromatic heterocycles. The second kappa shape index (κ2) is 8.69. The van der Waals surface area contributed by atoms with Crippen LogP contribution in [0.1, 0.15) is 41.4 Å². The third-order valence-electron chi connectivity index (χ3n) is 6.09. The van der Waals surface area contributed by atoms with Crippen LogP contribution in [0, 0.1) is 24.5 Å². The lowest BCUT2D eigenvalue weighted by Gasteiger charge is -2.32. The number of benzene rings is 1. The first kappa shape index (κ1) is 24.6. The van der Waals surface area contributed by atoms with Gasteiger partial charge in [0.25, 0.3) is 5.91 Å². The number of ether oxygens (including phenoxy) is 2. The molecule has 4 unspecified atom stereocenters. The number of aromatic nitrogens is 1. The highest BCUT2D eigenvalue weighted by Gasteiger charge is 2.65. The molecule has 33 heavy (non-hydrogen) atoms. The van der Waals surface area contributed by atoms with E-state index in [0.29, 0.717) is 0 Å². The Morgan fingerprint density at radius 1 is 1.21 bits per heavy atom. The molecule has 3 rings (SSSR count). The Hall–Kier alpha value is -3.08. The first-order chi connectivity index (χ1) is 15.3. The highest BCUT2D eigenvalue weighted by molar-refractivity contribution is 5.96. The predicted molar refractivity (Wildman–Crippen MR) is 107 cm³/mol. The normalized spacial score (nSPS) is 25.1. The van der Waals surface area contributed by atoms with E-state index in [0.717, 1.165) is 26.2 Å². The number of hydrogen-bond donors (Lipinski definition) is 1. The molecule has 1 amide bonds. The molecule has 0 aliphatic carbocycles. The molecule has 1 aliphatic rings. The van der Waals surface area contributed by atoms with Crippen molar-refractivity contribution in [3.63, 3.8) is 0 Å². The summed E-state index contributed by atoms with van der Waals surface area (Å²) in [4.78, 5) is 28.5. The summed E-state index contributed by atoms with van der Waals surface area (Å²) in [6, 6.07) is 4.46. The van der Waals surface area contributed by atoms with E-state index < -0.39 is 53.2 Å². The monoisotopic (exact) mass is 472 g/mol. The number of halogens is 5. The maximum Gasteiger partial charge on any atom is 0.417 e. The van der Waals surface area contributed by atoms with Gasteiger partial charge in [-0.3, -0.25) is 4.79 Å². The van der Waals surface area contributed by atoms with Gasteiger partial charge in [-0.25, -0.2) is 18.6 Å². The zero-order chi connectivity index (χ0) is 24.7. The summed E-state index contributed by atoms with van der Waals surface area (Å²) >= 11 is 0. The van der Waals surface area contributed by atoms with E-state index in [2.05, 4.69) is 15.0 Å². The van der Waals surface area contributed by atoms with Gasteiger partial charge in [0.05, 0.1) is 7.11 Å². The van der Waals surface area contributed by atoms with Crippen LogP contribution in [0.15, 0.2) is 30.5 Å². The number of methoxy groups -OCH3 is 1. The fourth-order valence-corrected chi connectivity index (χ4v) is 3.99. The number of carbonyl (C=O) groups excluding carboxylic acids is 2. The lowest BCUT2D eigenvalue weighted by atomic mass is 9.76. The molecule has 178 valence electrons. The van der Waals surface area contributed by atoms with Crippen molar-refractivity contribution in [1.82, 2.24) is 4.98 Å². The van der Waals surface area contributed by atoms with Crippen LogP contribution >= 0.6 is 0 Å². The van der Waals surface area contributed by atoms with Crippen molar-refractivity contribution in [3.05, 3.63) is 58.9 Å². The SMILES string of the molecule is COC(=O)c1cc(NC(=O)C2OC(C)(C(F)(F)F)C(C)C2c2ccc(F)c(F)c2C)ccn1. The molecule has 0 bridgehead atoms. The fraction of sp³-hybridized carbons (Fsp3) is 0.409. The van der Waals surface area contributed by atoms with E-state index in [1.165, 1.54) is 32.2 Å². The zero-order valence-electron chi connectivity index (χ0n) is 18.1. The van der Waals surface area contributed by atoms with Crippen molar-refractivity contribution in [1.29, 1.82) is 0 Å². The number of anilines is 1. The van der Waals surface area contributed by atoms with Gasteiger partial charge in [0.1, 0.15) is 11.8 Å². The van der Waals surface area contributed by atoms with Gasteiger partial charge in [-0.1, -0.05) is 13.0 Å². The van der Waals surface area contributed by atoms with Crippen LogP contribution in [0.25, 0.3) is 0 Å². The van der Waals surface area contributed by atoms with Crippen LogP contribution in [0.5, 0.6) is 0 Å². The Kier molecular flexibility index (Phi) is 6.47. The number of amides is 1. The minimum Gasteiger partial charge on any atom is -0.464 e. The smallest absolute Gasteiger partial charge is 0.417 e. The molecule has 1 saturated heterocycles. The quantitative estimate of drug-likeness (QED) is 0.523. The van der Waals surface area contributed by atoms with Crippen molar-refractivity contribution in [2.24, 2.45) is 5.92 Å². The molecule has 0 saturated carbocycles. The first-order valence-electron chi connectivity index (χ1n) is 9.86. The zero-order valence-corrected chi connectivity index (χ0v) is 18.1. The number of alkyl halides is 3. The van der Waals surface area contributed by atoms with Gasteiger partial charge in [0.15, 0.2) is 17.2 Å². The maximum absolute atomic E-state index is 14.2. The number of esters is 1. The van der Waals surface area contributed by atoms with E-state index in [4.69, 9.17) is 4.74 Å². The highest BCUT2D eigenvalue weighted by atomic mass is 19.4. The minimum absolute atomic E-state index is 0.0273. The minimum atomic E-state index is -4.85. The number of nitrogens with zero attached hydrogens (tertiary/aromatic N) is 1. The van der Waals surface area contributed by atoms with Crippen molar-refractivity contribution >= 4 is 17.6 Å². The summed E-state index contributed by atoms with van der Waals surface area (Å²) in [5, 5.41) is 2.41. The molecule has 1 N–H and O–H groups in total. The van der Waals surface area contributed by atoms with Gasteiger partial charge < -0.3 is 14.8 Å². The number of nitrogens with one attached hydrogen (secondary N) is 1. The molecular weight excluding hydrogens is 451 g/mol.